The lowest BCUT2D eigenvalue weighted by Gasteiger charge is -2.22. The molecule has 1 unspecified atom stereocenters. The lowest BCUT2D eigenvalue weighted by atomic mass is 10.2. The molecule has 0 saturated heterocycles. The molecule has 0 aliphatic carbocycles. The van der Waals surface area contributed by atoms with Gasteiger partial charge in [-0.05, 0) is 20.8 Å². The molecule has 3 amide bonds. The number of imide groups is 1. The molecule has 86 valence electrons. The molecule has 0 fully saturated rings. The number of carboxylic acids is 1. The van der Waals surface area contributed by atoms with Crippen LogP contribution in [0.2, 0.25) is 0 Å². The summed E-state index contributed by atoms with van der Waals surface area (Å²) >= 11 is 0.941. The third-order valence-corrected chi connectivity index (χ3v) is 2.93. The van der Waals surface area contributed by atoms with Gasteiger partial charge in [-0.25, -0.2) is 4.79 Å². The number of carbonyl (C=O) groups excluding carboxylic acids is 2. The summed E-state index contributed by atoms with van der Waals surface area (Å²) in [5, 5.41) is 10.0. The number of nitrogens with two attached hydrogens (primary N) is 1. The Kier molecular flexibility index (Phi) is 4.60. The van der Waals surface area contributed by atoms with Gasteiger partial charge in [-0.1, -0.05) is 0 Å². The van der Waals surface area contributed by atoms with Crippen molar-refractivity contribution in [3.05, 3.63) is 0 Å². The van der Waals surface area contributed by atoms with Gasteiger partial charge in [0.2, 0.25) is 5.91 Å². The van der Waals surface area contributed by atoms with Gasteiger partial charge < -0.3 is 10.8 Å². The van der Waals surface area contributed by atoms with E-state index in [9.17, 15) is 14.4 Å². The molecule has 4 N–H and O–H groups in total. The standard InChI is InChI=1S/C8H14N2O4S/c1-4(5(11)10-7(9)14)15-8(2,3)6(12)13/h4H,1-3H3,(H,12,13)(H3,9,10,11,14). The number of aliphatic carboxylic acids is 1. The summed E-state index contributed by atoms with van der Waals surface area (Å²) in [6.45, 7) is 4.47. The zero-order valence-electron chi connectivity index (χ0n) is 8.73. The molecule has 0 saturated carbocycles. The molecule has 0 aromatic carbocycles. The molecular formula is C8H14N2O4S. The minimum absolute atomic E-state index is 0.596. The van der Waals surface area contributed by atoms with Crippen LogP contribution in [-0.2, 0) is 9.59 Å². The lowest BCUT2D eigenvalue weighted by Crippen LogP contribution is -2.41. The fraction of sp³-hybridized carbons (Fsp3) is 0.625. The molecule has 15 heavy (non-hydrogen) atoms. The highest BCUT2D eigenvalue weighted by atomic mass is 32.2. The van der Waals surface area contributed by atoms with Gasteiger partial charge >= 0.3 is 12.0 Å². The molecule has 0 spiro atoms. The topological polar surface area (TPSA) is 109 Å². The molecule has 0 heterocycles. The average Bonchev–Trinajstić information content (AvgIpc) is 2.01. The third kappa shape index (κ3) is 4.68. The van der Waals surface area contributed by atoms with E-state index in [1.165, 1.54) is 20.8 Å². The van der Waals surface area contributed by atoms with Crippen molar-refractivity contribution in [2.24, 2.45) is 5.73 Å². The molecule has 0 aliphatic rings. The number of hydrogen-bond acceptors (Lipinski definition) is 4. The zero-order chi connectivity index (χ0) is 12.2. The highest BCUT2D eigenvalue weighted by Gasteiger charge is 2.32. The minimum Gasteiger partial charge on any atom is -0.480 e. The van der Waals surface area contributed by atoms with Gasteiger partial charge in [0.15, 0.2) is 0 Å². The van der Waals surface area contributed by atoms with Crippen LogP contribution in [0.15, 0.2) is 0 Å². The van der Waals surface area contributed by atoms with Gasteiger partial charge in [-0.15, -0.1) is 11.8 Å². The smallest absolute Gasteiger partial charge is 0.319 e. The van der Waals surface area contributed by atoms with E-state index in [1.54, 1.807) is 0 Å². The van der Waals surface area contributed by atoms with E-state index >= 15 is 0 Å². The SMILES string of the molecule is CC(SC(C)(C)C(=O)O)C(=O)NC(N)=O. The second-order valence-electron chi connectivity index (χ2n) is 3.43. The van der Waals surface area contributed by atoms with Crippen LogP contribution in [0.5, 0.6) is 0 Å². The Hall–Kier alpha value is -1.24. The summed E-state index contributed by atoms with van der Waals surface area (Å²) in [6.07, 6.45) is 0. The van der Waals surface area contributed by atoms with Crippen LogP contribution >= 0.6 is 11.8 Å². The summed E-state index contributed by atoms with van der Waals surface area (Å²) in [4.78, 5) is 32.4. The number of primary amides is 1. The van der Waals surface area contributed by atoms with Gasteiger partial charge in [0.1, 0.15) is 4.75 Å². The van der Waals surface area contributed by atoms with Crippen LogP contribution in [0.4, 0.5) is 4.79 Å². The van der Waals surface area contributed by atoms with Gasteiger partial charge in [0, 0.05) is 0 Å². The number of hydrogen-bond donors (Lipinski definition) is 3. The van der Waals surface area contributed by atoms with E-state index in [0.29, 0.717) is 0 Å². The largest absolute Gasteiger partial charge is 0.480 e. The number of rotatable bonds is 4. The Morgan fingerprint density at radius 1 is 1.40 bits per heavy atom. The van der Waals surface area contributed by atoms with Crippen molar-refractivity contribution in [1.29, 1.82) is 0 Å². The Morgan fingerprint density at radius 2 is 1.87 bits per heavy atom. The molecule has 6 nitrogen and oxygen atoms in total. The van der Waals surface area contributed by atoms with Crippen molar-refractivity contribution >= 4 is 29.7 Å². The first-order valence-electron chi connectivity index (χ1n) is 4.18. The van der Waals surface area contributed by atoms with Gasteiger partial charge in [0.25, 0.3) is 0 Å². The van der Waals surface area contributed by atoms with Crippen molar-refractivity contribution < 1.29 is 19.5 Å². The van der Waals surface area contributed by atoms with E-state index in [-0.39, 0.29) is 0 Å². The van der Waals surface area contributed by atoms with Crippen LogP contribution < -0.4 is 11.1 Å². The maximum atomic E-state index is 11.2. The maximum absolute atomic E-state index is 11.2. The van der Waals surface area contributed by atoms with Crippen LogP contribution in [-0.4, -0.2) is 33.0 Å². The number of thioether (sulfide) groups is 1. The Labute approximate surface area is 91.6 Å². The molecule has 0 bridgehead atoms. The summed E-state index contributed by atoms with van der Waals surface area (Å²) in [6, 6.07) is -0.944. The van der Waals surface area contributed by atoms with E-state index in [0.717, 1.165) is 11.8 Å². The fourth-order valence-corrected chi connectivity index (χ4v) is 1.92. The molecule has 0 aromatic rings. The summed E-state index contributed by atoms with van der Waals surface area (Å²) in [5.74, 6) is -1.62. The highest BCUT2D eigenvalue weighted by Crippen LogP contribution is 2.28. The molecule has 0 radical (unpaired) electrons. The fourth-order valence-electron chi connectivity index (χ4n) is 0.769. The van der Waals surface area contributed by atoms with Crippen LogP contribution in [0.1, 0.15) is 20.8 Å². The molecule has 0 aliphatic heterocycles. The molecule has 0 aromatic heterocycles. The van der Waals surface area contributed by atoms with Crippen molar-refractivity contribution in [3.63, 3.8) is 0 Å². The van der Waals surface area contributed by atoms with Crippen LogP contribution in [0.25, 0.3) is 0 Å². The van der Waals surface area contributed by atoms with Crippen molar-refractivity contribution in [2.75, 3.05) is 0 Å². The zero-order valence-corrected chi connectivity index (χ0v) is 9.55. The highest BCUT2D eigenvalue weighted by molar-refractivity contribution is 8.02. The molecular weight excluding hydrogens is 220 g/mol. The monoisotopic (exact) mass is 234 g/mol. The normalized spacial score (nSPS) is 13.0. The summed E-state index contributed by atoms with van der Waals surface area (Å²) in [7, 11) is 0. The molecule has 1 atom stereocenters. The van der Waals surface area contributed by atoms with Crippen molar-refractivity contribution in [2.45, 2.75) is 30.8 Å². The average molecular weight is 234 g/mol. The lowest BCUT2D eigenvalue weighted by molar-refractivity contribution is -0.138. The first kappa shape index (κ1) is 13.8. The second kappa shape index (κ2) is 5.01. The summed E-state index contributed by atoms with van der Waals surface area (Å²) < 4.78 is -1.09. The predicted octanol–water partition coefficient (Wildman–Crippen LogP) is 0.166. The maximum Gasteiger partial charge on any atom is 0.319 e. The molecule has 7 heteroatoms. The number of urea groups is 1. The van der Waals surface area contributed by atoms with Gasteiger partial charge in [-0.2, -0.15) is 0 Å². The Morgan fingerprint density at radius 3 is 2.20 bits per heavy atom. The van der Waals surface area contributed by atoms with E-state index < -0.39 is 27.9 Å². The summed E-state index contributed by atoms with van der Waals surface area (Å²) in [5.41, 5.74) is 4.76. The second-order valence-corrected chi connectivity index (χ2v) is 5.39. The van der Waals surface area contributed by atoms with E-state index in [4.69, 9.17) is 10.8 Å². The van der Waals surface area contributed by atoms with E-state index in [1.807, 2.05) is 5.32 Å². The quantitative estimate of drug-likeness (QED) is 0.642. The van der Waals surface area contributed by atoms with Gasteiger partial charge in [-0.3, -0.25) is 14.9 Å². The first-order valence-corrected chi connectivity index (χ1v) is 5.06. The number of amides is 3. The van der Waals surface area contributed by atoms with Crippen molar-refractivity contribution in [1.82, 2.24) is 5.32 Å². The van der Waals surface area contributed by atoms with Gasteiger partial charge in [0.05, 0.1) is 5.25 Å². The van der Waals surface area contributed by atoms with E-state index in [2.05, 4.69) is 0 Å². The number of carboxylic acid groups (broad SMARTS) is 1. The number of nitrogens with one attached hydrogen (secondary N) is 1. The minimum atomic E-state index is -1.09. The third-order valence-electron chi connectivity index (χ3n) is 1.60. The van der Waals surface area contributed by atoms with Crippen molar-refractivity contribution in [3.8, 4) is 0 Å². The van der Waals surface area contributed by atoms with Crippen LogP contribution in [0, 0.1) is 0 Å². The Bertz CT molecular complexity index is 290. The molecule has 0 rings (SSSR count). The van der Waals surface area contributed by atoms with Crippen LogP contribution in [0.3, 0.4) is 0 Å². The predicted molar refractivity (Wildman–Crippen MR) is 56.5 cm³/mol. The Balaban J connectivity index is 4.36. The first-order chi connectivity index (χ1) is 6.66. The number of carbonyl (C=O) groups is 3.